The molecule has 0 bridgehead atoms. The predicted molar refractivity (Wildman–Crippen MR) is 65.6 cm³/mol. The molecule has 2 aromatic heterocycles. The van der Waals surface area contributed by atoms with Gasteiger partial charge in [-0.05, 0) is 13.0 Å². The third kappa shape index (κ3) is 2.88. The fourth-order valence-electron chi connectivity index (χ4n) is 1.26. The molecular formula is C10H13N5OS. The Morgan fingerprint density at radius 2 is 2.29 bits per heavy atom. The van der Waals surface area contributed by atoms with Crippen molar-refractivity contribution in [2.24, 2.45) is 0 Å². The number of aryl methyl sites for hydroxylation is 1. The lowest BCUT2D eigenvalue weighted by atomic mass is 10.4. The van der Waals surface area contributed by atoms with Crippen molar-refractivity contribution in [2.75, 3.05) is 11.1 Å². The van der Waals surface area contributed by atoms with Gasteiger partial charge in [0.05, 0.1) is 10.8 Å². The Labute approximate surface area is 101 Å². The van der Waals surface area contributed by atoms with Crippen LogP contribution in [0.3, 0.4) is 0 Å². The van der Waals surface area contributed by atoms with Gasteiger partial charge in [0.25, 0.3) is 0 Å². The lowest BCUT2D eigenvalue weighted by Crippen LogP contribution is -2.03. The smallest absolute Gasteiger partial charge is 0.220 e. The van der Waals surface area contributed by atoms with Crippen LogP contribution in [0.4, 0.5) is 11.6 Å². The van der Waals surface area contributed by atoms with E-state index in [2.05, 4.69) is 25.5 Å². The van der Waals surface area contributed by atoms with E-state index in [4.69, 9.17) is 0 Å². The number of rotatable bonds is 4. The largest absolute Gasteiger partial charge is 0.323 e. The Morgan fingerprint density at radius 3 is 2.94 bits per heavy atom. The van der Waals surface area contributed by atoms with Gasteiger partial charge in [-0.3, -0.25) is 9.31 Å². The van der Waals surface area contributed by atoms with Gasteiger partial charge in [0.1, 0.15) is 5.82 Å². The van der Waals surface area contributed by atoms with Gasteiger partial charge in [0.15, 0.2) is 5.82 Å². The van der Waals surface area contributed by atoms with Gasteiger partial charge in [-0.15, -0.1) is 0 Å². The summed E-state index contributed by atoms with van der Waals surface area (Å²) in [6.07, 6.45) is 1.58. The molecule has 17 heavy (non-hydrogen) atoms. The monoisotopic (exact) mass is 251 g/mol. The number of H-pyrrole nitrogens is 1. The summed E-state index contributed by atoms with van der Waals surface area (Å²) in [4.78, 5) is 8.15. The molecule has 0 aliphatic heterocycles. The topological polar surface area (TPSA) is 83.6 Å². The molecule has 6 nitrogen and oxygen atoms in total. The maximum absolute atomic E-state index is 11.6. The van der Waals surface area contributed by atoms with Crippen molar-refractivity contribution in [3.8, 4) is 0 Å². The maximum atomic E-state index is 11.6. The molecule has 0 aliphatic rings. The molecule has 2 N–H and O–H groups in total. The Bertz CT molecular complexity index is 539. The molecule has 0 aliphatic carbocycles. The second-order valence-corrected chi connectivity index (χ2v) is 5.05. The number of aromatic amines is 1. The average molecular weight is 251 g/mol. The highest BCUT2D eigenvalue weighted by Gasteiger charge is 2.06. The quantitative estimate of drug-likeness (QED) is 0.802. The molecule has 2 rings (SSSR count). The van der Waals surface area contributed by atoms with E-state index < -0.39 is 10.8 Å². The zero-order chi connectivity index (χ0) is 12.3. The normalized spacial score (nSPS) is 12.4. The minimum atomic E-state index is -1.14. The molecule has 0 amide bonds. The zero-order valence-corrected chi connectivity index (χ0v) is 10.4. The molecule has 0 radical (unpaired) electrons. The van der Waals surface area contributed by atoms with E-state index in [9.17, 15) is 4.21 Å². The molecule has 1 unspecified atom stereocenters. The molecule has 0 aromatic carbocycles. The summed E-state index contributed by atoms with van der Waals surface area (Å²) >= 11 is 0. The van der Waals surface area contributed by atoms with E-state index in [1.54, 1.807) is 12.3 Å². The molecule has 0 saturated carbocycles. The number of nitrogens with one attached hydrogen (secondary N) is 2. The fraction of sp³-hybridized carbons (Fsp3) is 0.300. The highest BCUT2D eigenvalue weighted by molar-refractivity contribution is 7.84. The van der Waals surface area contributed by atoms with Crippen molar-refractivity contribution in [3.63, 3.8) is 0 Å². The van der Waals surface area contributed by atoms with Crippen molar-refractivity contribution in [2.45, 2.75) is 19.0 Å². The summed E-state index contributed by atoms with van der Waals surface area (Å²) in [7, 11) is -1.14. The van der Waals surface area contributed by atoms with Gasteiger partial charge < -0.3 is 5.32 Å². The third-order valence-electron chi connectivity index (χ3n) is 2.06. The standard InChI is InChI=1S/C10H13N5OS/c1-3-17(16)10-11-5-4-8(13-10)12-9-6-7(2)14-15-9/h4-6H,3H2,1-2H3,(H2,11,12,13,14,15). The minimum absolute atomic E-state index is 0.338. The number of aromatic nitrogens is 4. The van der Waals surface area contributed by atoms with E-state index in [0.29, 0.717) is 22.5 Å². The van der Waals surface area contributed by atoms with E-state index in [1.165, 1.54) is 0 Å². The maximum Gasteiger partial charge on any atom is 0.220 e. The first-order chi connectivity index (χ1) is 8.19. The second-order valence-electron chi connectivity index (χ2n) is 3.42. The summed E-state index contributed by atoms with van der Waals surface area (Å²) in [6.45, 7) is 3.74. The van der Waals surface area contributed by atoms with E-state index in [-0.39, 0.29) is 0 Å². The number of nitrogens with zero attached hydrogens (tertiary/aromatic N) is 3. The highest BCUT2D eigenvalue weighted by atomic mass is 32.2. The molecule has 7 heteroatoms. The van der Waals surface area contributed by atoms with Crippen molar-refractivity contribution >= 4 is 22.4 Å². The summed E-state index contributed by atoms with van der Waals surface area (Å²) < 4.78 is 11.6. The summed E-state index contributed by atoms with van der Waals surface area (Å²) in [6, 6.07) is 3.57. The summed E-state index contributed by atoms with van der Waals surface area (Å²) in [5.41, 5.74) is 0.957. The molecule has 1 atom stereocenters. The Balaban J connectivity index is 2.19. The molecule has 0 saturated heterocycles. The van der Waals surface area contributed by atoms with Crippen LogP contribution in [0, 0.1) is 6.92 Å². The molecule has 2 heterocycles. The molecular weight excluding hydrogens is 238 g/mol. The van der Waals surface area contributed by atoms with E-state index >= 15 is 0 Å². The molecule has 0 spiro atoms. The van der Waals surface area contributed by atoms with Crippen molar-refractivity contribution < 1.29 is 4.21 Å². The number of hydrogen-bond donors (Lipinski definition) is 2. The molecule has 0 fully saturated rings. The minimum Gasteiger partial charge on any atom is -0.323 e. The van der Waals surface area contributed by atoms with Crippen LogP contribution in [0.5, 0.6) is 0 Å². The zero-order valence-electron chi connectivity index (χ0n) is 9.60. The molecule has 2 aromatic rings. The third-order valence-corrected chi connectivity index (χ3v) is 3.19. The Kier molecular flexibility index (Phi) is 3.48. The van der Waals surface area contributed by atoms with Crippen molar-refractivity contribution in [1.29, 1.82) is 0 Å². The van der Waals surface area contributed by atoms with Gasteiger partial charge >= 0.3 is 0 Å². The number of anilines is 2. The fourth-order valence-corrected chi connectivity index (χ4v) is 1.90. The SMILES string of the molecule is CCS(=O)c1nccc(Nc2cc(C)[nH]n2)n1. The van der Waals surface area contributed by atoms with Crippen LogP contribution in [-0.2, 0) is 10.8 Å². The van der Waals surface area contributed by atoms with Crippen LogP contribution in [0.2, 0.25) is 0 Å². The summed E-state index contributed by atoms with van der Waals surface area (Å²) in [5, 5.41) is 10.2. The van der Waals surface area contributed by atoms with E-state index in [1.807, 2.05) is 19.9 Å². The van der Waals surface area contributed by atoms with Gasteiger partial charge in [-0.2, -0.15) is 5.10 Å². The molecule has 90 valence electrons. The predicted octanol–water partition coefficient (Wildman–Crippen LogP) is 1.38. The Morgan fingerprint density at radius 1 is 1.47 bits per heavy atom. The van der Waals surface area contributed by atoms with Crippen molar-refractivity contribution in [1.82, 2.24) is 20.2 Å². The first-order valence-electron chi connectivity index (χ1n) is 5.19. The average Bonchev–Trinajstić information content (AvgIpc) is 2.74. The second kappa shape index (κ2) is 5.05. The first kappa shape index (κ1) is 11.7. The lowest BCUT2D eigenvalue weighted by molar-refractivity contribution is 0.676. The van der Waals surface area contributed by atoms with Gasteiger partial charge in [-0.25, -0.2) is 9.97 Å². The van der Waals surface area contributed by atoms with Crippen LogP contribution in [-0.4, -0.2) is 30.1 Å². The van der Waals surface area contributed by atoms with Crippen LogP contribution < -0.4 is 5.32 Å². The van der Waals surface area contributed by atoms with Gasteiger partial charge in [-0.1, -0.05) is 6.92 Å². The highest BCUT2D eigenvalue weighted by Crippen LogP contribution is 2.12. The van der Waals surface area contributed by atoms with Crippen LogP contribution in [0.1, 0.15) is 12.6 Å². The Hall–Kier alpha value is -1.76. The van der Waals surface area contributed by atoms with Crippen LogP contribution in [0.15, 0.2) is 23.5 Å². The lowest BCUT2D eigenvalue weighted by Gasteiger charge is -2.02. The van der Waals surface area contributed by atoms with Gasteiger partial charge in [0, 0.05) is 23.7 Å². The van der Waals surface area contributed by atoms with Crippen molar-refractivity contribution in [3.05, 3.63) is 24.0 Å². The summed E-state index contributed by atoms with van der Waals surface area (Å²) in [5.74, 6) is 1.77. The van der Waals surface area contributed by atoms with E-state index in [0.717, 1.165) is 5.69 Å². The van der Waals surface area contributed by atoms with Crippen LogP contribution >= 0.6 is 0 Å². The van der Waals surface area contributed by atoms with Crippen LogP contribution in [0.25, 0.3) is 0 Å². The number of hydrogen-bond acceptors (Lipinski definition) is 5. The van der Waals surface area contributed by atoms with Gasteiger partial charge in [0.2, 0.25) is 5.16 Å². The first-order valence-corrected chi connectivity index (χ1v) is 6.51.